The number of aliphatic hydroxyl groups excluding tert-OH is 1. The third-order valence-electron chi connectivity index (χ3n) is 5.13. The van der Waals surface area contributed by atoms with E-state index in [0.29, 0.717) is 39.1 Å². The van der Waals surface area contributed by atoms with Crippen molar-refractivity contribution < 1.29 is 14.6 Å². The highest BCUT2D eigenvalue weighted by molar-refractivity contribution is 5.76. The molecule has 0 aliphatic carbocycles. The fourth-order valence-corrected chi connectivity index (χ4v) is 3.46. The highest BCUT2D eigenvalue weighted by Crippen LogP contribution is 2.25. The number of carbonyl (C=O) groups is 1. The molecule has 1 aromatic carbocycles. The highest BCUT2D eigenvalue weighted by Gasteiger charge is 2.38. The molecule has 1 unspecified atom stereocenters. The number of aryl methyl sites for hydroxylation is 3. The molecule has 1 N–H and O–H groups in total. The molecular weight excluding hydrogens is 330 g/mol. The van der Waals surface area contributed by atoms with Crippen LogP contribution in [0, 0.1) is 13.8 Å². The molecule has 1 aliphatic rings. The lowest BCUT2D eigenvalue weighted by atomic mass is 9.91. The van der Waals surface area contributed by atoms with E-state index in [9.17, 15) is 9.90 Å². The lowest BCUT2D eigenvalue weighted by Crippen LogP contribution is -2.57. The monoisotopic (exact) mass is 357 g/mol. The Hall–Kier alpha value is -2.18. The first-order chi connectivity index (χ1) is 12.5. The van der Waals surface area contributed by atoms with E-state index in [4.69, 9.17) is 4.74 Å². The van der Waals surface area contributed by atoms with Crippen molar-refractivity contribution in [3.8, 4) is 0 Å². The zero-order chi connectivity index (χ0) is 18.6. The van der Waals surface area contributed by atoms with Gasteiger partial charge >= 0.3 is 0 Å². The van der Waals surface area contributed by atoms with Crippen molar-refractivity contribution >= 4 is 5.91 Å². The Bertz CT molecular complexity index is 758. The molecule has 26 heavy (non-hydrogen) atoms. The van der Waals surface area contributed by atoms with Gasteiger partial charge in [0.25, 0.3) is 0 Å². The molecule has 2 heterocycles. The van der Waals surface area contributed by atoms with Gasteiger partial charge in [0.15, 0.2) is 0 Å². The zero-order valence-electron chi connectivity index (χ0n) is 15.5. The van der Waals surface area contributed by atoms with Crippen LogP contribution in [-0.2, 0) is 22.5 Å². The summed E-state index contributed by atoms with van der Waals surface area (Å²) in [4.78, 5) is 14.5. The van der Waals surface area contributed by atoms with Crippen molar-refractivity contribution in [2.45, 2.75) is 38.8 Å². The molecule has 1 amide bonds. The van der Waals surface area contributed by atoms with E-state index in [0.717, 1.165) is 11.3 Å². The molecule has 140 valence electrons. The van der Waals surface area contributed by atoms with Crippen molar-refractivity contribution in [2.75, 3.05) is 26.3 Å². The molecule has 1 aliphatic heterocycles. The second-order valence-electron chi connectivity index (χ2n) is 7.05. The highest BCUT2D eigenvalue weighted by atomic mass is 16.5. The predicted octanol–water partition coefficient (Wildman–Crippen LogP) is 1.72. The van der Waals surface area contributed by atoms with Gasteiger partial charge in [0.05, 0.1) is 19.8 Å². The number of aromatic nitrogens is 2. The van der Waals surface area contributed by atoms with E-state index in [1.54, 1.807) is 6.20 Å². The van der Waals surface area contributed by atoms with E-state index in [2.05, 4.69) is 24.2 Å². The van der Waals surface area contributed by atoms with Gasteiger partial charge in [-0.05, 0) is 31.0 Å². The van der Waals surface area contributed by atoms with Crippen molar-refractivity contribution in [2.24, 2.45) is 0 Å². The number of nitrogens with zero attached hydrogens (tertiary/aromatic N) is 3. The van der Waals surface area contributed by atoms with Crippen LogP contribution < -0.4 is 0 Å². The van der Waals surface area contributed by atoms with Crippen LogP contribution in [0.5, 0.6) is 0 Å². The van der Waals surface area contributed by atoms with Gasteiger partial charge < -0.3 is 14.7 Å². The minimum atomic E-state index is -0.734. The molecule has 0 spiro atoms. The Labute approximate surface area is 154 Å². The van der Waals surface area contributed by atoms with E-state index in [1.165, 1.54) is 5.56 Å². The Morgan fingerprint density at radius 1 is 1.31 bits per heavy atom. The largest absolute Gasteiger partial charge is 0.393 e. The van der Waals surface area contributed by atoms with Crippen LogP contribution in [0.2, 0.25) is 0 Å². The summed E-state index contributed by atoms with van der Waals surface area (Å²) < 4.78 is 7.80. The van der Waals surface area contributed by atoms with Gasteiger partial charge in [-0.2, -0.15) is 5.10 Å². The normalized spacial score (nSPS) is 20.3. The number of hydrogen-bond acceptors (Lipinski definition) is 4. The number of ether oxygens (including phenoxy) is 1. The molecule has 3 rings (SSSR count). The molecule has 6 heteroatoms. The summed E-state index contributed by atoms with van der Waals surface area (Å²) in [5, 5.41) is 14.3. The molecule has 1 atom stereocenters. The van der Waals surface area contributed by atoms with Gasteiger partial charge in [0.1, 0.15) is 5.60 Å². The Morgan fingerprint density at radius 2 is 2.12 bits per heavy atom. The summed E-state index contributed by atoms with van der Waals surface area (Å²) in [7, 11) is 0. The lowest BCUT2D eigenvalue weighted by molar-refractivity contribution is -0.158. The third kappa shape index (κ3) is 4.14. The zero-order valence-corrected chi connectivity index (χ0v) is 15.5. The van der Waals surface area contributed by atoms with Crippen LogP contribution in [0.3, 0.4) is 0 Å². The first-order valence-electron chi connectivity index (χ1n) is 9.08. The Morgan fingerprint density at radius 3 is 2.81 bits per heavy atom. The Balaban J connectivity index is 1.65. The molecule has 0 saturated carbocycles. The van der Waals surface area contributed by atoms with Crippen molar-refractivity contribution in [1.29, 1.82) is 0 Å². The summed E-state index contributed by atoms with van der Waals surface area (Å²) in [5.41, 5.74) is 2.62. The maximum absolute atomic E-state index is 12.7. The summed E-state index contributed by atoms with van der Waals surface area (Å²) in [6.45, 7) is 5.91. The smallest absolute Gasteiger partial charge is 0.224 e. The van der Waals surface area contributed by atoms with Crippen LogP contribution >= 0.6 is 0 Å². The van der Waals surface area contributed by atoms with Gasteiger partial charge in [-0.3, -0.25) is 9.48 Å². The lowest BCUT2D eigenvalue weighted by Gasteiger charge is -2.42. The quantitative estimate of drug-likeness (QED) is 0.855. The number of rotatable bonds is 6. The molecule has 6 nitrogen and oxygen atoms in total. The van der Waals surface area contributed by atoms with Crippen LogP contribution in [0.15, 0.2) is 36.5 Å². The first kappa shape index (κ1) is 18.6. The van der Waals surface area contributed by atoms with Crippen molar-refractivity contribution in [1.82, 2.24) is 14.7 Å². The van der Waals surface area contributed by atoms with Gasteiger partial charge in [0, 0.05) is 37.8 Å². The van der Waals surface area contributed by atoms with Gasteiger partial charge in [0.2, 0.25) is 5.91 Å². The number of carbonyl (C=O) groups excluding carboxylic acids is 1. The predicted molar refractivity (Wildman–Crippen MR) is 98.8 cm³/mol. The maximum atomic E-state index is 12.7. The third-order valence-corrected chi connectivity index (χ3v) is 5.13. The summed E-state index contributed by atoms with van der Waals surface area (Å²) >= 11 is 0. The summed E-state index contributed by atoms with van der Waals surface area (Å²) in [6.07, 6.45) is 2.74. The van der Waals surface area contributed by atoms with E-state index >= 15 is 0 Å². The Kier molecular flexibility index (Phi) is 5.74. The molecular formula is C20H27N3O3. The molecule has 1 aromatic heterocycles. The van der Waals surface area contributed by atoms with Gasteiger partial charge in [-0.15, -0.1) is 0 Å². The number of morpholine rings is 1. The molecule has 1 saturated heterocycles. The van der Waals surface area contributed by atoms with Crippen molar-refractivity contribution in [3.05, 3.63) is 53.3 Å². The molecule has 0 bridgehead atoms. The average Bonchev–Trinajstić information content (AvgIpc) is 3.07. The number of aliphatic hydroxyl groups is 1. The summed E-state index contributed by atoms with van der Waals surface area (Å²) in [6, 6.07) is 10.0. The summed E-state index contributed by atoms with van der Waals surface area (Å²) in [5.74, 6) is 0.0748. The standard InChI is InChI=1S/C20H27N3O3/c1-16-5-3-4-6-18(16)13-20(15-24)14-22(11-12-26-20)19(25)8-10-23-17(2)7-9-21-23/h3-7,9,24H,8,10-15H2,1-2H3. The fourth-order valence-electron chi connectivity index (χ4n) is 3.46. The van der Waals surface area contributed by atoms with Crippen LogP contribution in [0.1, 0.15) is 23.2 Å². The minimum Gasteiger partial charge on any atom is -0.393 e. The van der Waals surface area contributed by atoms with Gasteiger partial charge in [-0.25, -0.2) is 0 Å². The van der Waals surface area contributed by atoms with Crippen LogP contribution in [0.4, 0.5) is 0 Å². The second kappa shape index (κ2) is 8.01. The van der Waals surface area contributed by atoms with E-state index in [-0.39, 0.29) is 12.5 Å². The number of amides is 1. The SMILES string of the molecule is Cc1ccccc1CC1(CO)CN(C(=O)CCn2nccc2C)CCO1. The fraction of sp³-hybridized carbons (Fsp3) is 0.500. The average molecular weight is 357 g/mol. The second-order valence-corrected chi connectivity index (χ2v) is 7.05. The maximum Gasteiger partial charge on any atom is 0.224 e. The van der Waals surface area contributed by atoms with E-state index < -0.39 is 5.60 Å². The molecule has 0 radical (unpaired) electrons. The minimum absolute atomic E-state index is 0.0748. The first-order valence-corrected chi connectivity index (χ1v) is 9.08. The number of hydrogen-bond donors (Lipinski definition) is 1. The van der Waals surface area contributed by atoms with Crippen molar-refractivity contribution in [3.63, 3.8) is 0 Å². The molecule has 1 fully saturated rings. The van der Waals surface area contributed by atoms with Crippen LogP contribution in [-0.4, -0.2) is 57.6 Å². The number of benzene rings is 1. The molecule has 2 aromatic rings. The topological polar surface area (TPSA) is 67.6 Å². The van der Waals surface area contributed by atoms with Gasteiger partial charge in [-0.1, -0.05) is 24.3 Å². The van der Waals surface area contributed by atoms with E-state index in [1.807, 2.05) is 34.7 Å². The van der Waals surface area contributed by atoms with Crippen LogP contribution in [0.25, 0.3) is 0 Å².